The number of hydrogen-bond acceptors (Lipinski definition) is 4. The molecule has 0 bridgehead atoms. The van der Waals surface area contributed by atoms with E-state index >= 15 is 0 Å². The molecule has 0 aliphatic heterocycles. The Hall–Kier alpha value is -1.14. The number of carbonyl (C=O) groups excluding carboxylic acids is 1. The molecular weight excluding hydrogens is 365 g/mol. The lowest BCUT2D eigenvalue weighted by Gasteiger charge is -2.13. The van der Waals surface area contributed by atoms with Gasteiger partial charge in [-0.2, -0.15) is 0 Å². The van der Waals surface area contributed by atoms with Crippen LogP contribution in [0.3, 0.4) is 0 Å². The number of nitrogens with two attached hydrogens (primary N) is 1. The molecule has 2 rings (SSSR count). The largest absolute Gasteiger partial charge is 0.349 e. The Kier molecular flexibility index (Phi) is 8.16. The highest BCUT2D eigenvalue weighted by atomic mass is 35.5. The minimum atomic E-state index is -0.0610. The van der Waals surface area contributed by atoms with Crippen molar-refractivity contribution in [3.8, 4) is 10.6 Å². The van der Waals surface area contributed by atoms with Gasteiger partial charge in [0.05, 0.1) is 16.6 Å². The molecule has 2 aromatic rings. The maximum Gasteiger partial charge on any atom is 0.220 e. The third-order valence-electron chi connectivity index (χ3n) is 3.52. The molecule has 1 amide bonds. The molecule has 0 saturated heterocycles. The van der Waals surface area contributed by atoms with Gasteiger partial charge in [-0.05, 0) is 39.3 Å². The Morgan fingerprint density at radius 3 is 2.54 bits per heavy atom. The quantitative estimate of drug-likeness (QED) is 0.766. The second-order valence-electron chi connectivity index (χ2n) is 5.78. The Balaban J connectivity index is 0.00000288. The topological polar surface area (TPSA) is 68.0 Å². The van der Waals surface area contributed by atoms with E-state index < -0.39 is 0 Å². The van der Waals surface area contributed by atoms with Crippen molar-refractivity contribution in [2.75, 3.05) is 0 Å². The third-order valence-corrected chi connectivity index (χ3v) is 5.16. The van der Waals surface area contributed by atoms with Crippen molar-refractivity contribution in [2.45, 2.75) is 45.7 Å². The van der Waals surface area contributed by atoms with Crippen molar-refractivity contribution in [3.05, 3.63) is 39.9 Å². The normalized spacial score (nSPS) is 13.0. The zero-order valence-electron chi connectivity index (χ0n) is 14.0. The van der Waals surface area contributed by atoms with Crippen molar-refractivity contribution in [1.82, 2.24) is 10.3 Å². The molecule has 0 aliphatic carbocycles. The fourth-order valence-electron chi connectivity index (χ4n) is 2.26. The fourth-order valence-corrected chi connectivity index (χ4v) is 3.46. The number of aromatic nitrogens is 1. The summed E-state index contributed by atoms with van der Waals surface area (Å²) in [6.45, 7) is 5.86. The van der Waals surface area contributed by atoms with Crippen molar-refractivity contribution in [2.24, 2.45) is 5.73 Å². The van der Waals surface area contributed by atoms with E-state index in [1.807, 2.05) is 45.0 Å². The van der Waals surface area contributed by atoms with Gasteiger partial charge in [0.2, 0.25) is 5.91 Å². The molecule has 0 radical (unpaired) electrons. The number of aryl methyl sites for hydroxylation is 1. The molecule has 1 aromatic carbocycles. The summed E-state index contributed by atoms with van der Waals surface area (Å²) in [7, 11) is 0. The number of rotatable bonds is 6. The number of thiazole rings is 1. The zero-order valence-corrected chi connectivity index (χ0v) is 16.4. The van der Waals surface area contributed by atoms with E-state index in [1.54, 1.807) is 11.3 Å². The molecular formula is C17H23Cl2N3OS. The van der Waals surface area contributed by atoms with Gasteiger partial charge in [0, 0.05) is 23.0 Å². The predicted molar refractivity (Wildman–Crippen MR) is 104 cm³/mol. The summed E-state index contributed by atoms with van der Waals surface area (Å²) in [6, 6.07) is 7.60. The van der Waals surface area contributed by atoms with E-state index in [9.17, 15) is 4.79 Å². The van der Waals surface area contributed by atoms with Crippen molar-refractivity contribution in [1.29, 1.82) is 0 Å². The van der Waals surface area contributed by atoms with Crippen LogP contribution in [0, 0.1) is 6.92 Å². The first-order valence-corrected chi connectivity index (χ1v) is 8.84. The first kappa shape index (κ1) is 20.9. The van der Waals surface area contributed by atoms with Crippen LogP contribution in [0.1, 0.15) is 43.3 Å². The molecule has 4 nitrogen and oxygen atoms in total. The fraction of sp³-hybridized carbons (Fsp3) is 0.412. The summed E-state index contributed by atoms with van der Waals surface area (Å²) in [5, 5.41) is 4.66. The molecule has 0 saturated carbocycles. The van der Waals surface area contributed by atoms with Crippen LogP contribution in [-0.2, 0) is 4.79 Å². The van der Waals surface area contributed by atoms with E-state index in [1.165, 1.54) is 0 Å². The Morgan fingerprint density at radius 1 is 1.33 bits per heavy atom. The summed E-state index contributed by atoms with van der Waals surface area (Å²) >= 11 is 7.52. The van der Waals surface area contributed by atoms with Gasteiger partial charge < -0.3 is 11.1 Å². The van der Waals surface area contributed by atoms with Crippen molar-refractivity contribution in [3.63, 3.8) is 0 Å². The first-order chi connectivity index (χ1) is 10.9. The molecule has 1 aromatic heterocycles. The predicted octanol–water partition coefficient (Wildman–Crippen LogP) is 4.50. The maximum absolute atomic E-state index is 12.0. The van der Waals surface area contributed by atoms with Gasteiger partial charge in [-0.1, -0.05) is 23.7 Å². The summed E-state index contributed by atoms with van der Waals surface area (Å²) in [5.74, 6) is 0.0237. The summed E-state index contributed by atoms with van der Waals surface area (Å²) in [4.78, 5) is 17.7. The minimum Gasteiger partial charge on any atom is -0.349 e. The maximum atomic E-state index is 12.0. The van der Waals surface area contributed by atoms with Crippen LogP contribution in [-0.4, -0.2) is 16.9 Å². The monoisotopic (exact) mass is 387 g/mol. The number of carbonyl (C=O) groups is 1. The van der Waals surface area contributed by atoms with Crippen LogP contribution in [0.4, 0.5) is 0 Å². The van der Waals surface area contributed by atoms with Crippen LogP contribution < -0.4 is 11.1 Å². The van der Waals surface area contributed by atoms with E-state index in [2.05, 4.69) is 10.3 Å². The molecule has 0 spiro atoms. The molecule has 0 fully saturated rings. The van der Waals surface area contributed by atoms with E-state index in [-0.39, 0.29) is 30.4 Å². The van der Waals surface area contributed by atoms with Gasteiger partial charge in [-0.25, -0.2) is 4.98 Å². The minimum absolute atomic E-state index is 0. The van der Waals surface area contributed by atoms with Gasteiger partial charge in [0.1, 0.15) is 5.01 Å². The van der Waals surface area contributed by atoms with Gasteiger partial charge in [0.25, 0.3) is 0 Å². The highest BCUT2D eigenvalue weighted by molar-refractivity contribution is 7.15. The molecule has 24 heavy (non-hydrogen) atoms. The number of hydrogen-bond donors (Lipinski definition) is 2. The Morgan fingerprint density at radius 2 is 1.96 bits per heavy atom. The van der Waals surface area contributed by atoms with E-state index in [0.717, 1.165) is 21.1 Å². The number of amides is 1. The molecule has 0 aliphatic rings. The van der Waals surface area contributed by atoms with Crippen molar-refractivity contribution < 1.29 is 4.79 Å². The van der Waals surface area contributed by atoms with Gasteiger partial charge in [-0.3, -0.25) is 4.79 Å². The number of benzene rings is 1. The zero-order chi connectivity index (χ0) is 17.0. The Bertz CT molecular complexity index is 671. The lowest BCUT2D eigenvalue weighted by atomic mass is 10.1. The molecule has 7 heteroatoms. The lowest BCUT2D eigenvalue weighted by molar-refractivity contribution is -0.121. The third kappa shape index (κ3) is 5.74. The van der Waals surface area contributed by atoms with Crippen molar-refractivity contribution >= 4 is 41.3 Å². The van der Waals surface area contributed by atoms with E-state index in [0.29, 0.717) is 17.9 Å². The molecule has 3 N–H and O–H groups in total. The summed E-state index contributed by atoms with van der Waals surface area (Å²) in [5.41, 5.74) is 7.66. The highest BCUT2D eigenvalue weighted by Crippen LogP contribution is 2.32. The van der Waals surface area contributed by atoms with Gasteiger partial charge in [-0.15, -0.1) is 23.7 Å². The van der Waals surface area contributed by atoms with Crippen LogP contribution >= 0.6 is 35.3 Å². The summed E-state index contributed by atoms with van der Waals surface area (Å²) in [6.07, 6.45) is 1.14. The molecule has 2 atom stereocenters. The molecule has 1 heterocycles. The van der Waals surface area contributed by atoms with Gasteiger partial charge >= 0.3 is 0 Å². The average molecular weight is 388 g/mol. The smallest absolute Gasteiger partial charge is 0.220 e. The molecule has 2 unspecified atom stereocenters. The van der Waals surface area contributed by atoms with Gasteiger partial charge in [0.15, 0.2) is 0 Å². The van der Waals surface area contributed by atoms with Crippen LogP contribution in [0.15, 0.2) is 24.3 Å². The summed E-state index contributed by atoms with van der Waals surface area (Å²) < 4.78 is 0. The SMILES string of the molecule is Cc1nc(-c2ccc(Cl)cc2)sc1C(C)NC(=O)CCC(C)N.Cl. The standard InChI is InChI=1S/C17H22ClN3OS.ClH/c1-10(19)4-9-15(22)20-11(2)16-12(3)21-17(23-16)13-5-7-14(18)8-6-13;/h5-8,10-11H,4,9,19H2,1-3H3,(H,20,22);1H. The second kappa shape index (κ2) is 9.37. The first-order valence-electron chi connectivity index (χ1n) is 7.65. The average Bonchev–Trinajstić information content (AvgIpc) is 2.88. The number of nitrogens with zero attached hydrogens (tertiary/aromatic N) is 1. The Labute approximate surface area is 158 Å². The number of nitrogens with one attached hydrogen (secondary N) is 1. The number of halogens is 2. The van der Waals surface area contributed by atoms with Crippen LogP contribution in [0.25, 0.3) is 10.6 Å². The van der Waals surface area contributed by atoms with Crippen LogP contribution in [0.5, 0.6) is 0 Å². The van der Waals surface area contributed by atoms with E-state index in [4.69, 9.17) is 17.3 Å². The van der Waals surface area contributed by atoms with Crippen LogP contribution in [0.2, 0.25) is 5.02 Å². The second-order valence-corrected chi connectivity index (χ2v) is 7.25. The molecule has 132 valence electrons. The highest BCUT2D eigenvalue weighted by Gasteiger charge is 2.17. The lowest BCUT2D eigenvalue weighted by Crippen LogP contribution is -2.28.